The molecule has 2 N–H and O–H groups in total. The van der Waals surface area contributed by atoms with Crippen molar-refractivity contribution in [2.24, 2.45) is 10.7 Å². The van der Waals surface area contributed by atoms with Crippen molar-refractivity contribution < 1.29 is 4.39 Å². The number of benzene rings is 1. The molecule has 0 aromatic heterocycles. The van der Waals surface area contributed by atoms with Crippen LogP contribution in [0.1, 0.15) is 50.5 Å². The van der Waals surface area contributed by atoms with Crippen LogP contribution in [0.2, 0.25) is 0 Å². The summed E-state index contributed by atoms with van der Waals surface area (Å²) in [4.78, 5) is 6.77. The van der Waals surface area contributed by atoms with Crippen molar-refractivity contribution in [1.82, 2.24) is 4.90 Å². The third-order valence-corrected chi connectivity index (χ3v) is 5.25. The van der Waals surface area contributed by atoms with Gasteiger partial charge in [0.1, 0.15) is 5.82 Å². The molecule has 0 bridgehead atoms. The molecule has 0 heterocycles. The molecule has 1 aromatic rings. The highest BCUT2D eigenvalue weighted by Crippen LogP contribution is 2.40. The van der Waals surface area contributed by atoms with Crippen molar-refractivity contribution in [2.45, 2.75) is 56.4 Å². The molecule has 5 heteroatoms. The Morgan fingerprint density at radius 2 is 2.00 bits per heavy atom. The molecular weight excluding hydrogens is 404 g/mol. The topological polar surface area (TPSA) is 41.6 Å². The molecule has 0 aliphatic heterocycles. The molecular formula is C18H27FIN3. The lowest BCUT2D eigenvalue weighted by molar-refractivity contribution is 0.299. The highest BCUT2D eigenvalue weighted by Gasteiger charge is 2.34. The molecule has 2 aliphatic rings. The molecule has 2 aliphatic carbocycles. The third kappa shape index (κ3) is 4.37. The number of guanidine groups is 1. The smallest absolute Gasteiger partial charge is 0.191 e. The first-order valence-corrected chi connectivity index (χ1v) is 8.40. The standard InChI is InChI=1S/C18H26FN3.HI/c1-22(16-8-9-16)17(20)21-13-18(10-3-2-4-11-18)14-6-5-7-15(19)12-14;/h5-7,12,16H,2-4,8-11,13H2,1H3,(H2,20,21);1H. The van der Waals surface area contributed by atoms with Gasteiger partial charge in [0.2, 0.25) is 0 Å². The normalized spacial score (nSPS) is 20.7. The summed E-state index contributed by atoms with van der Waals surface area (Å²) in [7, 11) is 2.02. The predicted octanol–water partition coefficient (Wildman–Crippen LogP) is 4.05. The van der Waals surface area contributed by atoms with Gasteiger partial charge in [0.05, 0.1) is 6.54 Å². The van der Waals surface area contributed by atoms with Crippen LogP contribution < -0.4 is 5.73 Å². The van der Waals surface area contributed by atoms with Gasteiger partial charge in [-0.15, -0.1) is 24.0 Å². The summed E-state index contributed by atoms with van der Waals surface area (Å²) < 4.78 is 13.7. The Balaban J connectivity index is 0.00000192. The Morgan fingerprint density at radius 1 is 1.30 bits per heavy atom. The molecule has 0 unspecified atom stereocenters. The fourth-order valence-electron chi connectivity index (χ4n) is 3.58. The molecule has 2 saturated carbocycles. The Hall–Kier alpha value is -0.850. The molecule has 23 heavy (non-hydrogen) atoms. The third-order valence-electron chi connectivity index (χ3n) is 5.25. The maximum atomic E-state index is 13.7. The van der Waals surface area contributed by atoms with Gasteiger partial charge in [-0.05, 0) is 43.4 Å². The molecule has 0 saturated heterocycles. The molecule has 0 atom stereocenters. The number of nitrogens with zero attached hydrogens (tertiary/aromatic N) is 2. The quantitative estimate of drug-likeness (QED) is 0.444. The Labute approximate surface area is 155 Å². The Morgan fingerprint density at radius 3 is 2.61 bits per heavy atom. The van der Waals surface area contributed by atoms with Crippen molar-refractivity contribution >= 4 is 29.9 Å². The van der Waals surface area contributed by atoms with E-state index in [2.05, 4.69) is 9.89 Å². The molecule has 0 radical (unpaired) electrons. The van der Waals surface area contributed by atoms with Crippen LogP contribution in [0.25, 0.3) is 0 Å². The zero-order valence-corrected chi connectivity index (χ0v) is 16.1. The van der Waals surface area contributed by atoms with E-state index in [4.69, 9.17) is 5.73 Å². The van der Waals surface area contributed by atoms with Gasteiger partial charge in [-0.1, -0.05) is 31.4 Å². The Bertz CT molecular complexity index is 551. The maximum absolute atomic E-state index is 13.7. The van der Waals surface area contributed by atoms with Crippen LogP contribution in [0.3, 0.4) is 0 Å². The van der Waals surface area contributed by atoms with Crippen LogP contribution >= 0.6 is 24.0 Å². The number of hydrogen-bond acceptors (Lipinski definition) is 1. The minimum Gasteiger partial charge on any atom is -0.370 e. The first-order chi connectivity index (χ1) is 10.6. The van der Waals surface area contributed by atoms with E-state index in [0.29, 0.717) is 18.5 Å². The van der Waals surface area contributed by atoms with Crippen molar-refractivity contribution in [3.8, 4) is 0 Å². The second-order valence-corrected chi connectivity index (χ2v) is 6.87. The van der Waals surface area contributed by atoms with Gasteiger partial charge in [-0.25, -0.2) is 4.39 Å². The number of rotatable bonds is 4. The van der Waals surface area contributed by atoms with E-state index in [0.717, 1.165) is 18.4 Å². The lowest BCUT2D eigenvalue weighted by Crippen LogP contribution is -2.38. The van der Waals surface area contributed by atoms with E-state index in [-0.39, 0.29) is 35.2 Å². The molecule has 128 valence electrons. The number of halogens is 2. The molecule has 0 spiro atoms. The highest BCUT2D eigenvalue weighted by atomic mass is 127. The van der Waals surface area contributed by atoms with Crippen LogP contribution in [0.5, 0.6) is 0 Å². The van der Waals surface area contributed by atoms with Gasteiger partial charge in [0.25, 0.3) is 0 Å². The zero-order valence-electron chi connectivity index (χ0n) is 13.8. The van der Waals surface area contributed by atoms with Crippen LogP contribution in [0.15, 0.2) is 29.3 Å². The highest BCUT2D eigenvalue weighted by molar-refractivity contribution is 14.0. The summed E-state index contributed by atoms with van der Waals surface area (Å²) in [6.45, 7) is 0.666. The van der Waals surface area contributed by atoms with Crippen LogP contribution in [0, 0.1) is 5.82 Å². The lowest BCUT2D eigenvalue weighted by atomic mass is 9.69. The minimum atomic E-state index is -0.158. The van der Waals surface area contributed by atoms with Gasteiger partial charge in [-0.2, -0.15) is 0 Å². The lowest BCUT2D eigenvalue weighted by Gasteiger charge is -2.37. The summed E-state index contributed by atoms with van der Waals surface area (Å²) >= 11 is 0. The van der Waals surface area contributed by atoms with Gasteiger partial charge in [0.15, 0.2) is 5.96 Å². The van der Waals surface area contributed by atoms with E-state index >= 15 is 0 Å². The second kappa shape index (κ2) is 7.81. The number of aliphatic imine (C=N–C) groups is 1. The summed E-state index contributed by atoms with van der Waals surface area (Å²) in [5.41, 5.74) is 7.18. The molecule has 2 fully saturated rings. The average molecular weight is 431 g/mol. The van der Waals surface area contributed by atoms with E-state index in [1.165, 1.54) is 38.2 Å². The number of nitrogens with two attached hydrogens (primary N) is 1. The first kappa shape index (κ1) is 18.5. The largest absolute Gasteiger partial charge is 0.370 e. The van der Waals surface area contributed by atoms with E-state index in [1.807, 2.05) is 19.2 Å². The van der Waals surface area contributed by atoms with E-state index in [9.17, 15) is 4.39 Å². The van der Waals surface area contributed by atoms with Gasteiger partial charge in [-0.3, -0.25) is 4.99 Å². The van der Waals surface area contributed by atoms with E-state index in [1.54, 1.807) is 6.07 Å². The van der Waals surface area contributed by atoms with Crippen LogP contribution in [-0.2, 0) is 5.41 Å². The average Bonchev–Trinajstić information content (AvgIpc) is 3.38. The molecule has 1 aromatic carbocycles. The second-order valence-electron chi connectivity index (χ2n) is 6.87. The SMILES string of the molecule is CN(C(N)=NCC1(c2cccc(F)c2)CCCCC1)C1CC1.I. The summed E-state index contributed by atoms with van der Waals surface area (Å²) in [5, 5.41) is 0. The van der Waals surface area contributed by atoms with Gasteiger partial charge >= 0.3 is 0 Å². The van der Waals surface area contributed by atoms with Crippen molar-refractivity contribution in [3.05, 3.63) is 35.6 Å². The monoisotopic (exact) mass is 431 g/mol. The summed E-state index contributed by atoms with van der Waals surface area (Å²) in [5.74, 6) is 0.471. The minimum absolute atomic E-state index is 0. The summed E-state index contributed by atoms with van der Waals surface area (Å²) in [6.07, 6.45) is 8.19. The maximum Gasteiger partial charge on any atom is 0.191 e. The van der Waals surface area contributed by atoms with Crippen molar-refractivity contribution in [2.75, 3.05) is 13.6 Å². The molecule has 0 amide bonds. The van der Waals surface area contributed by atoms with Gasteiger partial charge < -0.3 is 10.6 Å². The Kier molecular flexibility index (Phi) is 6.28. The van der Waals surface area contributed by atoms with Crippen molar-refractivity contribution in [1.29, 1.82) is 0 Å². The summed E-state index contributed by atoms with van der Waals surface area (Å²) in [6, 6.07) is 7.62. The number of hydrogen-bond donors (Lipinski definition) is 1. The van der Waals surface area contributed by atoms with Gasteiger partial charge in [0, 0.05) is 18.5 Å². The fourth-order valence-corrected chi connectivity index (χ4v) is 3.58. The van der Waals surface area contributed by atoms with Crippen molar-refractivity contribution in [3.63, 3.8) is 0 Å². The first-order valence-electron chi connectivity index (χ1n) is 8.40. The molecule has 3 nitrogen and oxygen atoms in total. The molecule has 3 rings (SSSR count). The van der Waals surface area contributed by atoms with Crippen LogP contribution in [0.4, 0.5) is 4.39 Å². The van der Waals surface area contributed by atoms with E-state index < -0.39 is 0 Å². The zero-order chi connectivity index (χ0) is 15.6. The van der Waals surface area contributed by atoms with Crippen LogP contribution in [-0.4, -0.2) is 30.5 Å². The fraction of sp³-hybridized carbons (Fsp3) is 0.611. The predicted molar refractivity (Wildman–Crippen MR) is 104 cm³/mol.